The molecule has 0 radical (unpaired) electrons. The van der Waals surface area contributed by atoms with Crippen molar-refractivity contribution in [3.63, 3.8) is 0 Å². The van der Waals surface area contributed by atoms with Crippen molar-refractivity contribution in [2.75, 3.05) is 6.07 Å². The van der Waals surface area contributed by atoms with Crippen LogP contribution in [0.4, 0.5) is 0 Å². The average Bonchev–Trinajstić information content (AvgIpc) is 2.66. The zero-order valence-corrected chi connectivity index (χ0v) is 9.45. The third-order valence-electron chi connectivity index (χ3n) is 3.01. The van der Waals surface area contributed by atoms with Gasteiger partial charge in [0.1, 0.15) is 12.2 Å². The van der Waals surface area contributed by atoms with Gasteiger partial charge in [0.2, 0.25) is 0 Å². The molecule has 16 heavy (non-hydrogen) atoms. The monoisotopic (exact) mass is 230 g/mol. The molecular formula is C14H11ClO. The Balaban J connectivity index is 2.21. The van der Waals surface area contributed by atoms with Gasteiger partial charge in [0.25, 0.3) is 0 Å². The first-order valence-corrected chi connectivity index (χ1v) is 5.81. The van der Waals surface area contributed by atoms with Crippen molar-refractivity contribution in [3.8, 4) is 11.1 Å². The number of fused-ring (bicyclic) bond motifs is 3. The Morgan fingerprint density at radius 3 is 1.88 bits per heavy atom. The Morgan fingerprint density at radius 2 is 1.38 bits per heavy atom. The molecule has 0 saturated heterocycles. The molecule has 0 heterocycles. The summed E-state index contributed by atoms with van der Waals surface area (Å²) >= 11 is 5.69. The van der Waals surface area contributed by atoms with E-state index in [1.54, 1.807) is 0 Å². The van der Waals surface area contributed by atoms with Crippen LogP contribution < -0.4 is 0 Å². The second-order valence-electron chi connectivity index (χ2n) is 3.83. The van der Waals surface area contributed by atoms with Crippen LogP contribution in [0.2, 0.25) is 0 Å². The highest BCUT2D eigenvalue weighted by Gasteiger charge is 2.28. The SMILES string of the molecule is ClCOC1c2ccccc2-c2ccccc21. The van der Waals surface area contributed by atoms with Crippen LogP contribution in [0.5, 0.6) is 0 Å². The Bertz CT molecular complexity index is 476. The van der Waals surface area contributed by atoms with Crippen LogP contribution in [0.15, 0.2) is 48.5 Å². The highest BCUT2D eigenvalue weighted by molar-refractivity contribution is 6.17. The third-order valence-corrected chi connectivity index (χ3v) is 3.13. The Hall–Kier alpha value is -1.31. The van der Waals surface area contributed by atoms with Crippen LogP contribution >= 0.6 is 11.6 Å². The third kappa shape index (κ3) is 1.36. The molecule has 0 aliphatic heterocycles. The Kier molecular flexibility index (Phi) is 2.43. The molecule has 2 heteroatoms. The molecule has 2 aromatic rings. The maximum Gasteiger partial charge on any atom is 0.122 e. The number of hydrogen-bond acceptors (Lipinski definition) is 1. The molecule has 0 amide bonds. The molecule has 3 rings (SSSR count). The lowest BCUT2D eigenvalue weighted by Gasteiger charge is -2.12. The highest BCUT2D eigenvalue weighted by Crippen LogP contribution is 2.44. The molecule has 0 spiro atoms. The number of hydrogen-bond donors (Lipinski definition) is 0. The van der Waals surface area contributed by atoms with Crippen molar-refractivity contribution in [1.29, 1.82) is 0 Å². The van der Waals surface area contributed by atoms with E-state index in [1.165, 1.54) is 22.3 Å². The smallest absolute Gasteiger partial charge is 0.122 e. The van der Waals surface area contributed by atoms with E-state index >= 15 is 0 Å². The lowest BCUT2D eigenvalue weighted by Crippen LogP contribution is -2.00. The van der Waals surface area contributed by atoms with Crippen molar-refractivity contribution >= 4 is 11.6 Å². The van der Waals surface area contributed by atoms with E-state index in [2.05, 4.69) is 36.4 Å². The summed E-state index contributed by atoms with van der Waals surface area (Å²) in [5.74, 6) is 0. The minimum Gasteiger partial charge on any atom is -0.353 e. The van der Waals surface area contributed by atoms with Gasteiger partial charge >= 0.3 is 0 Å². The number of ether oxygens (including phenoxy) is 1. The zero-order chi connectivity index (χ0) is 11.0. The molecule has 0 aromatic heterocycles. The van der Waals surface area contributed by atoms with Crippen molar-refractivity contribution in [2.45, 2.75) is 6.10 Å². The first-order valence-electron chi connectivity index (χ1n) is 5.27. The molecule has 0 unspecified atom stereocenters. The van der Waals surface area contributed by atoms with E-state index in [4.69, 9.17) is 16.3 Å². The predicted octanol–water partition coefficient (Wildman–Crippen LogP) is 3.97. The summed E-state index contributed by atoms with van der Waals surface area (Å²) in [6.45, 7) is 0. The minimum absolute atomic E-state index is 0.00935. The number of alkyl halides is 1. The van der Waals surface area contributed by atoms with Crippen molar-refractivity contribution < 1.29 is 4.74 Å². The van der Waals surface area contributed by atoms with Crippen LogP contribution in [0.3, 0.4) is 0 Å². The Labute approximate surface area is 99.6 Å². The van der Waals surface area contributed by atoms with Crippen molar-refractivity contribution in [3.05, 3.63) is 59.7 Å². The molecule has 0 saturated carbocycles. The summed E-state index contributed by atoms with van der Waals surface area (Å²) in [5.41, 5.74) is 4.94. The minimum atomic E-state index is -0.00935. The summed E-state index contributed by atoms with van der Waals surface area (Å²) < 4.78 is 5.62. The molecule has 0 atom stereocenters. The van der Waals surface area contributed by atoms with Gasteiger partial charge in [0.15, 0.2) is 0 Å². The second-order valence-corrected chi connectivity index (χ2v) is 4.05. The predicted molar refractivity (Wildman–Crippen MR) is 65.5 cm³/mol. The molecule has 0 N–H and O–H groups in total. The molecule has 0 bridgehead atoms. The van der Waals surface area contributed by atoms with E-state index in [0.29, 0.717) is 0 Å². The van der Waals surface area contributed by atoms with Crippen molar-refractivity contribution in [2.24, 2.45) is 0 Å². The first kappa shape index (κ1) is 9.88. The van der Waals surface area contributed by atoms with Crippen molar-refractivity contribution in [1.82, 2.24) is 0 Å². The van der Waals surface area contributed by atoms with Gasteiger partial charge in [-0.3, -0.25) is 0 Å². The van der Waals surface area contributed by atoms with E-state index < -0.39 is 0 Å². The van der Waals surface area contributed by atoms with Crippen LogP contribution in [0, 0.1) is 0 Å². The van der Waals surface area contributed by atoms with E-state index in [9.17, 15) is 0 Å². The van der Waals surface area contributed by atoms with E-state index in [0.717, 1.165) is 0 Å². The number of rotatable bonds is 2. The van der Waals surface area contributed by atoms with Gasteiger partial charge in [-0.25, -0.2) is 0 Å². The molecule has 1 aliphatic carbocycles. The maximum absolute atomic E-state index is 5.69. The fourth-order valence-electron chi connectivity index (χ4n) is 2.35. The van der Waals surface area contributed by atoms with Crippen LogP contribution in [0.1, 0.15) is 17.2 Å². The van der Waals surface area contributed by atoms with E-state index in [-0.39, 0.29) is 12.2 Å². The number of benzene rings is 2. The van der Waals surface area contributed by atoms with Gasteiger partial charge < -0.3 is 4.74 Å². The molecule has 1 aliphatic rings. The summed E-state index contributed by atoms with van der Waals surface area (Å²) in [6.07, 6.45) is -0.00935. The number of halogens is 1. The fraction of sp³-hybridized carbons (Fsp3) is 0.143. The summed E-state index contributed by atoms with van der Waals surface area (Å²) in [5, 5.41) is 0. The molecule has 2 aromatic carbocycles. The first-order chi connectivity index (χ1) is 7.92. The quantitative estimate of drug-likeness (QED) is 0.710. The highest BCUT2D eigenvalue weighted by atomic mass is 35.5. The van der Waals surface area contributed by atoms with Crippen LogP contribution in [-0.4, -0.2) is 6.07 Å². The summed E-state index contributed by atoms with van der Waals surface area (Å²) in [4.78, 5) is 0. The van der Waals surface area contributed by atoms with Crippen LogP contribution in [-0.2, 0) is 4.74 Å². The van der Waals surface area contributed by atoms with Gasteiger partial charge in [-0.05, 0) is 22.3 Å². The zero-order valence-electron chi connectivity index (χ0n) is 8.69. The second kappa shape index (κ2) is 3.93. The summed E-state index contributed by atoms with van der Waals surface area (Å²) in [6, 6.07) is 16.9. The lowest BCUT2D eigenvalue weighted by molar-refractivity contribution is 0.122. The molecular weight excluding hydrogens is 220 g/mol. The van der Waals surface area contributed by atoms with Crippen LogP contribution in [0.25, 0.3) is 11.1 Å². The normalized spacial score (nSPS) is 13.6. The lowest BCUT2D eigenvalue weighted by atomic mass is 10.1. The van der Waals surface area contributed by atoms with Gasteiger partial charge in [0.05, 0.1) is 0 Å². The van der Waals surface area contributed by atoms with Gasteiger partial charge in [-0.15, -0.1) is 0 Å². The summed E-state index contributed by atoms with van der Waals surface area (Å²) in [7, 11) is 0. The fourth-order valence-corrected chi connectivity index (χ4v) is 2.48. The molecule has 80 valence electrons. The largest absolute Gasteiger partial charge is 0.353 e. The Morgan fingerprint density at radius 1 is 0.875 bits per heavy atom. The molecule has 1 nitrogen and oxygen atoms in total. The topological polar surface area (TPSA) is 9.23 Å². The van der Waals surface area contributed by atoms with Gasteiger partial charge in [0, 0.05) is 0 Å². The average molecular weight is 231 g/mol. The maximum atomic E-state index is 5.69. The van der Waals surface area contributed by atoms with Gasteiger partial charge in [-0.2, -0.15) is 0 Å². The standard InChI is InChI=1S/C14H11ClO/c15-9-16-14-12-7-3-1-5-10(12)11-6-2-4-8-13(11)14/h1-8,14H,9H2. The van der Waals surface area contributed by atoms with E-state index in [1.807, 2.05) is 12.1 Å². The van der Waals surface area contributed by atoms with Gasteiger partial charge in [-0.1, -0.05) is 60.1 Å². The molecule has 0 fully saturated rings.